The van der Waals surface area contributed by atoms with E-state index in [1.807, 2.05) is 0 Å². The van der Waals surface area contributed by atoms with Crippen molar-refractivity contribution >= 4 is 35.8 Å². The quantitative estimate of drug-likeness (QED) is 0.160. The molecule has 0 atom stereocenters. The molecule has 0 radical (unpaired) electrons. The Labute approximate surface area is 203 Å². The minimum Gasteiger partial charge on any atom is -0.383 e. The molecule has 176 valence electrons. The van der Waals surface area contributed by atoms with Gasteiger partial charge < -0.3 is 25.4 Å². The smallest absolute Gasteiger partial charge is 0.239 e. The van der Waals surface area contributed by atoms with Crippen LogP contribution in [-0.4, -0.2) is 83.0 Å². The lowest BCUT2D eigenvalue weighted by Crippen LogP contribution is -2.44. The summed E-state index contributed by atoms with van der Waals surface area (Å²) >= 11 is 0. The number of benzene rings is 1. The Morgan fingerprint density at radius 3 is 2.52 bits per heavy atom. The average Bonchev–Trinajstić information content (AvgIpc) is 2.77. The van der Waals surface area contributed by atoms with Crippen LogP contribution in [0.4, 0.5) is 0 Å². The number of piperidine rings is 1. The fourth-order valence-corrected chi connectivity index (χ4v) is 3.34. The first kappa shape index (κ1) is 27.6. The summed E-state index contributed by atoms with van der Waals surface area (Å²) in [6, 6.07) is 10.6. The summed E-state index contributed by atoms with van der Waals surface area (Å²) in [5.74, 6) is 0.531. The summed E-state index contributed by atoms with van der Waals surface area (Å²) in [5.41, 5.74) is 1.37. The Morgan fingerprint density at radius 1 is 1.10 bits per heavy atom. The van der Waals surface area contributed by atoms with Gasteiger partial charge in [0, 0.05) is 53.5 Å². The van der Waals surface area contributed by atoms with E-state index in [0.717, 1.165) is 52.0 Å². The Bertz CT molecular complexity index is 625. The molecule has 1 saturated heterocycles. The molecule has 0 unspecified atom stereocenters. The molecule has 1 aromatic carbocycles. The average molecular weight is 547 g/mol. The Morgan fingerprint density at radius 2 is 1.84 bits per heavy atom. The molecule has 1 aliphatic heterocycles. The van der Waals surface area contributed by atoms with Crippen molar-refractivity contribution in [3.05, 3.63) is 35.9 Å². The van der Waals surface area contributed by atoms with Gasteiger partial charge in [0.1, 0.15) is 0 Å². The molecule has 0 aliphatic carbocycles. The van der Waals surface area contributed by atoms with Crippen LogP contribution in [0.25, 0.3) is 0 Å². The fraction of sp³-hybridized carbons (Fsp3) is 0.636. The molecule has 1 amide bonds. The summed E-state index contributed by atoms with van der Waals surface area (Å²) in [6.45, 7) is 5.86. The number of nitrogens with one attached hydrogen (secondary N) is 3. The summed E-state index contributed by atoms with van der Waals surface area (Å²) in [6.07, 6.45) is 3.42. The van der Waals surface area contributed by atoms with E-state index in [0.29, 0.717) is 25.2 Å². The number of halogens is 1. The first-order valence-electron chi connectivity index (χ1n) is 10.8. The van der Waals surface area contributed by atoms with Crippen LogP contribution < -0.4 is 16.0 Å². The molecule has 0 saturated carbocycles. The molecule has 0 spiro atoms. The van der Waals surface area contributed by atoms with E-state index in [-0.39, 0.29) is 36.4 Å². The number of aliphatic imine (C=N–C) groups is 1. The highest BCUT2D eigenvalue weighted by atomic mass is 127. The Kier molecular flexibility index (Phi) is 15.3. The van der Waals surface area contributed by atoms with Crippen LogP contribution >= 0.6 is 24.0 Å². The number of hydrogen-bond donors (Lipinski definition) is 3. The van der Waals surface area contributed by atoms with Gasteiger partial charge in [-0.05, 0) is 24.8 Å². The largest absolute Gasteiger partial charge is 0.383 e. The minimum absolute atomic E-state index is 0. The van der Waals surface area contributed by atoms with Gasteiger partial charge in [-0.3, -0.25) is 14.7 Å². The number of hydrogen-bond acceptors (Lipinski definition) is 5. The summed E-state index contributed by atoms with van der Waals surface area (Å²) in [4.78, 5) is 18.3. The lowest BCUT2D eigenvalue weighted by Gasteiger charge is -2.32. The lowest BCUT2D eigenvalue weighted by molar-refractivity contribution is -0.120. The van der Waals surface area contributed by atoms with Gasteiger partial charge in [0.2, 0.25) is 5.91 Å². The van der Waals surface area contributed by atoms with Crippen molar-refractivity contribution in [3.63, 3.8) is 0 Å². The zero-order chi connectivity index (χ0) is 21.4. The summed E-state index contributed by atoms with van der Waals surface area (Å²) in [5, 5.41) is 8.97. The molecule has 9 heteroatoms. The molecule has 1 aromatic rings. The fourth-order valence-electron chi connectivity index (χ4n) is 3.34. The van der Waals surface area contributed by atoms with Gasteiger partial charge in [-0.2, -0.15) is 0 Å². The highest BCUT2D eigenvalue weighted by Crippen LogP contribution is 2.16. The molecule has 0 bridgehead atoms. The third-order valence-corrected chi connectivity index (χ3v) is 5.02. The maximum Gasteiger partial charge on any atom is 0.239 e. The number of nitrogens with zero attached hydrogens (tertiary/aromatic N) is 2. The van der Waals surface area contributed by atoms with Gasteiger partial charge in [-0.15, -0.1) is 24.0 Å². The van der Waals surface area contributed by atoms with Crippen molar-refractivity contribution in [1.82, 2.24) is 20.9 Å². The predicted molar refractivity (Wildman–Crippen MR) is 135 cm³/mol. The summed E-state index contributed by atoms with van der Waals surface area (Å²) in [7, 11) is 3.30. The van der Waals surface area contributed by atoms with E-state index in [2.05, 4.69) is 56.2 Å². The second-order valence-corrected chi connectivity index (χ2v) is 7.38. The van der Waals surface area contributed by atoms with Crippen LogP contribution in [0.3, 0.4) is 0 Å². The minimum atomic E-state index is -0.0862. The van der Waals surface area contributed by atoms with Gasteiger partial charge in [-0.25, -0.2) is 0 Å². The third kappa shape index (κ3) is 12.3. The highest BCUT2D eigenvalue weighted by molar-refractivity contribution is 14.0. The second kappa shape index (κ2) is 17.2. The number of ether oxygens (including phenoxy) is 2. The van der Waals surface area contributed by atoms with E-state index in [9.17, 15) is 4.79 Å². The van der Waals surface area contributed by atoms with Gasteiger partial charge >= 0.3 is 0 Å². The number of methoxy groups -OCH3 is 1. The van der Waals surface area contributed by atoms with Crippen LogP contribution in [0.5, 0.6) is 0 Å². The first-order valence-corrected chi connectivity index (χ1v) is 10.8. The van der Waals surface area contributed by atoms with Gasteiger partial charge in [0.15, 0.2) is 5.96 Å². The van der Waals surface area contributed by atoms with Crippen LogP contribution in [0.1, 0.15) is 24.8 Å². The lowest BCUT2D eigenvalue weighted by atomic mass is 10.1. The van der Waals surface area contributed by atoms with Crippen molar-refractivity contribution in [1.29, 1.82) is 0 Å². The normalized spacial score (nSPS) is 15.2. The van der Waals surface area contributed by atoms with Gasteiger partial charge in [0.25, 0.3) is 0 Å². The van der Waals surface area contributed by atoms with E-state index in [4.69, 9.17) is 9.47 Å². The molecule has 0 aromatic heterocycles. The van der Waals surface area contributed by atoms with Gasteiger partial charge in [0.05, 0.1) is 19.3 Å². The monoisotopic (exact) mass is 547 g/mol. The zero-order valence-electron chi connectivity index (χ0n) is 18.8. The van der Waals surface area contributed by atoms with Crippen molar-refractivity contribution in [2.75, 3.05) is 60.1 Å². The second-order valence-electron chi connectivity index (χ2n) is 7.38. The first-order chi connectivity index (χ1) is 14.7. The molecule has 31 heavy (non-hydrogen) atoms. The molecule has 1 aliphatic rings. The number of guanidine groups is 1. The molecule has 1 fully saturated rings. The number of rotatable bonds is 12. The summed E-state index contributed by atoms with van der Waals surface area (Å²) < 4.78 is 10.9. The molecule has 1 heterocycles. The van der Waals surface area contributed by atoms with E-state index in [1.165, 1.54) is 5.56 Å². The van der Waals surface area contributed by atoms with Crippen LogP contribution in [0, 0.1) is 0 Å². The van der Waals surface area contributed by atoms with E-state index < -0.39 is 0 Å². The highest BCUT2D eigenvalue weighted by Gasteiger charge is 2.19. The SMILES string of the molecule is CN=C(NCCCOC1CCN(Cc2ccccc2)CC1)NCC(=O)NCCOC.I. The standard InChI is InChI=1S/C22H37N5O3.HI/c1-23-22(26-17-21(28)24-12-16-29-2)25-11-6-15-30-20-9-13-27(14-10-20)18-19-7-4-3-5-8-19;/h3-5,7-8,20H,6,9-18H2,1-2H3,(H,24,28)(H2,23,25,26);1H. The number of likely N-dealkylation sites (tertiary alicyclic amines) is 1. The molecular formula is C22H38IN5O3. The third-order valence-electron chi connectivity index (χ3n) is 5.02. The van der Waals surface area contributed by atoms with Crippen molar-refractivity contribution in [2.24, 2.45) is 4.99 Å². The van der Waals surface area contributed by atoms with Crippen molar-refractivity contribution in [2.45, 2.75) is 31.9 Å². The van der Waals surface area contributed by atoms with Crippen molar-refractivity contribution in [3.8, 4) is 0 Å². The Hall–Kier alpha value is -1.43. The molecular weight excluding hydrogens is 509 g/mol. The molecule has 3 N–H and O–H groups in total. The van der Waals surface area contributed by atoms with Gasteiger partial charge in [-0.1, -0.05) is 30.3 Å². The van der Waals surface area contributed by atoms with Crippen LogP contribution in [-0.2, 0) is 20.8 Å². The number of carbonyl (C=O) groups is 1. The van der Waals surface area contributed by atoms with Crippen molar-refractivity contribution < 1.29 is 14.3 Å². The zero-order valence-corrected chi connectivity index (χ0v) is 21.1. The van der Waals surface area contributed by atoms with E-state index >= 15 is 0 Å². The number of carbonyl (C=O) groups excluding carboxylic acids is 1. The maximum absolute atomic E-state index is 11.7. The molecule has 2 rings (SSSR count). The van der Waals surface area contributed by atoms with E-state index in [1.54, 1.807) is 14.2 Å². The van der Waals surface area contributed by atoms with Crippen LogP contribution in [0.15, 0.2) is 35.3 Å². The number of amides is 1. The Balaban J connectivity index is 0.00000480. The maximum atomic E-state index is 11.7. The molecule has 8 nitrogen and oxygen atoms in total. The topological polar surface area (TPSA) is 87.2 Å². The predicted octanol–water partition coefficient (Wildman–Crippen LogP) is 1.60. The van der Waals surface area contributed by atoms with Crippen LogP contribution in [0.2, 0.25) is 0 Å².